The molecule has 13 heavy (non-hydrogen) atoms. The van der Waals surface area contributed by atoms with Crippen molar-refractivity contribution in [3.05, 3.63) is 41.8 Å². The third-order valence-corrected chi connectivity index (χ3v) is 1.80. The van der Waals surface area contributed by atoms with Crippen molar-refractivity contribution in [1.29, 1.82) is 0 Å². The highest BCUT2D eigenvalue weighted by Gasteiger charge is 2.06. The van der Waals surface area contributed by atoms with Gasteiger partial charge in [0, 0.05) is 6.20 Å². The maximum absolute atomic E-state index is 12.6. The summed E-state index contributed by atoms with van der Waals surface area (Å²) in [5.41, 5.74) is 0.410. The van der Waals surface area contributed by atoms with Crippen LogP contribution in [-0.4, -0.2) is 6.41 Å². The van der Waals surface area contributed by atoms with E-state index in [1.165, 1.54) is 23.2 Å². The van der Waals surface area contributed by atoms with Crippen LogP contribution in [0.25, 0.3) is 0 Å². The van der Waals surface area contributed by atoms with Crippen LogP contribution in [0.2, 0.25) is 5.02 Å². The summed E-state index contributed by atoms with van der Waals surface area (Å²) in [6.07, 6.45) is 1.85. The Morgan fingerprint density at radius 3 is 2.69 bits per heavy atom. The minimum atomic E-state index is -0.441. The predicted octanol–water partition coefficient (Wildman–Crippen LogP) is 2.59. The van der Waals surface area contributed by atoms with Crippen LogP contribution < -0.4 is 4.90 Å². The molecule has 0 saturated carbocycles. The number of hydrogen-bond acceptors (Lipinski definition) is 1. The van der Waals surface area contributed by atoms with Crippen LogP contribution in [-0.2, 0) is 4.79 Å². The smallest absolute Gasteiger partial charge is 0.218 e. The van der Waals surface area contributed by atoms with E-state index in [1.54, 1.807) is 0 Å². The lowest BCUT2D eigenvalue weighted by molar-refractivity contribution is -0.106. The molecule has 68 valence electrons. The minimum absolute atomic E-state index is 0.173. The van der Waals surface area contributed by atoms with E-state index >= 15 is 0 Å². The van der Waals surface area contributed by atoms with Crippen LogP contribution in [0.5, 0.6) is 0 Å². The fourth-order valence-corrected chi connectivity index (χ4v) is 1.15. The summed E-state index contributed by atoms with van der Waals surface area (Å²) in [7, 11) is 0. The van der Waals surface area contributed by atoms with Gasteiger partial charge in [-0.25, -0.2) is 4.39 Å². The highest BCUT2D eigenvalue weighted by molar-refractivity contribution is 6.33. The predicted molar refractivity (Wildman–Crippen MR) is 50.2 cm³/mol. The molecule has 0 aliphatic carbocycles. The number of nitrogens with zero attached hydrogens (tertiary/aromatic N) is 1. The monoisotopic (exact) mass is 199 g/mol. The number of halogens is 2. The number of amides is 1. The molecule has 1 aromatic rings. The molecule has 4 heteroatoms. The van der Waals surface area contributed by atoms with Crippen molar-refractivity contribution in [3.63, 3.8) is 0 Å². The quantitative estimate of drug-likeness (QED) is 0.686. The Bertz CT molecular complexity index is 332. The molecule has 0 fully saturated rings. The number of carbonyl (C=O) groups excluding carboxylic acids is 1. The van der Waals surface area contributed by atoms with Crippen molar-refractivity contribution in [2.75, 3.05) is 4.90 Å². The third-order valence-electron chi connectivity index (χ3n) is 1.50. The second kappa shape index (κ2) is 4.05. The van der Waals surface area contributed by atoms with Gasteiger partial charge in [-0.15, -0.1) is 0 Å². The van der Waals surface area contributed by atoms with Crippen LogP contribution in [0.3, 0.4) is 0 Å². The molecule has 2 nitrogen and oxygen atoms in total. The molecule has 0 saturated heterocycles. The number of benzene rings is 1. The van der Waals surface area contributed by atoms with Crippen LogP contribution in [0, 0.1) is 5.82 Å². The Balaban J connectivity index is 3.13. The fraction of sp³-hybridized carbons (Fsp3) is 0. The van der Waals surface area contributed by atoms with Crippen LogP contribution in [0.1, 0.15) is 0 Å². The maximum atomic E-state index is 12.6. The van der Waals surface area contributed by atoms with Gasteiger partial charge in [0.05, 0.1) is 10.7 Å². The third kappa shape index (κ3) is 2.06. The van der Waals surface area contributed by atoms with Gasteiger partial charge in [-0.3, -0.25) is 9.69 Å². The highest BCUT2D eigenvalue weighted by Crippen LogP contribution is 2.25. The van der Waals surface area contributed by atoms with Crippen LogP contribution >= 0.6 is 11.6 Å². The Morgan fingerprint density at radius 1 is 1.54 bits per heavy atom. The molecule has 0 radical (unpaired) electrons. The zero-order valence-electron chi connectivity index (χ0n) is 6.71. The highest BCUT2D eigenvalue weighted by atomic mass is 35.5. The number of hydrogen-bond donors (Lipinski definition) is 0. The number of carbonyl (C=O) groups is 1. The van der Waals surface area contributed by atoms with Gasteiger partial charge in [-0.2, -0.15) is 0 Å². The molecule has 0 aliphatic heterocycles. The second-order valence-corrected chi connectivity index (χ2v) is 2.70. The Morgan fingerprint density at radius 2 is 2.23 bits per heavy atom. The first-order valence-electron chi connectivity index (χ1n) is 3.50. The largest absolute Gasteiger partial charge is 0.290 e. The average Bonchev–Trinajstić information content (AvgIpc) is 2.10. The van der Waals surface area contributed by atoms with Gasteiger partial charge >= 0.3 is 0 Å². The van der Waals surface area contributed by atoms with Gasteiger partial charge < -0.3 is 0 Å². The van der Waals surface area contributed by atoms with Gasteiger partial charge in [0.2, 0.25) is 6.41 Å². The van der Waals surface area contributed by atoms with E-state index in [-0.39, 0.29) is 5.02 Å². The van der Waals surface area contributed by atoms with Gasteiger partial charge in [0.25, 0.3) is 0 Å². The molecule has 0 aromatic heterocycles. The standard InChI is InChI=1S/C9H7ClFNO/c1-2-12(6-13)9-4-3-7(11)5-8(9)10/h2-6H,1H2. The van der Waals surface area contributed by atoms with Gasteiger partial charge in [0.1, 0.15) is 5.82 Å². The summed E-state index contributed by atoms with van der Waals surface area (Å²) in [6, 6.07) is 3.77. The number of rotatable bonds is 3. The van der Waals surface area contributed by atoms with E-state index in [4.69, 9.17) is 11.6 Å². The zero-order chi connectivity index (χ0) is 9.84. The lowest BCUT2D eigenvalue weighted by Crippen LogP contribution is -2.12. The summed E-state index contributed by atoms with van der Waals surface area (Å²) in [5, 5.41) is 0.173. The van der Waals surface area contributed by atoms with Crippen molar-refractivity contribution in [2.24, 2.45) is 0 Å². The van der Waals surface area contributed by atoms with E-state index in [1.807, 2.05) is 0 Å². The molecule has 1 amide bonds. The molecule has 0 N–H and O–H groups in total. The molecule has 0 spiro atoms. The molecule has 0 atom stereocenters. The Kier molecular flexibility index (Phi) is 3.03. The molecular weight excluding hydrogens is 193 g/mol. The van der Waals surface area contributed by atoms with Gasteiger partial charge in [0.15, 0.2) is 0 Å². The molecule has 0 aliphatic rings. The van der Waals surface area contributed by atoms with E-state index in [0.29, 0.717) is 12.1 Å². The van der Waals surface area contributed by atoms with Crippen molar-refractivity contribution in [2.45, 2.75) is 0 Å². The van der Waals surface area contributed by atoms with Crippen molar-refractivity contribution in [3.8, 4) is 0 Å². The van der Waals surface area contributed by atoms with E-state index in [9.17, 15) is 9.18 Å². The summed E-state index contributed by atoms with van der Waals surface area (Å²) >= 11 is 5.69. The Labute approximate surface area is 80.2 Å². The van der Waals surface area contributed by atoms with Crippen LogP contribution in [0.15, 0.2) is 31.0 Å². The van der Waals surface area contributed by atoms with Crippen molar-refractivity contribution >= 4 is 23.7 Å². The summed E-state index contributed by atoms with van der Waals surface area (Å²) in [5.74, 6) is -0.441. The molecule has 1 aromatic carbocycles. The van der Waals surface area contributed by atoms with Crippen molar-refractivity contribution < 1.29 is 9.18 Å². The SMILES string of the molecule is C=CN(C=O)c1ccc(F)cc1Cl. The normalized spacial score (nSPS) is 9.38. The van der Waals surface area contributed by atoms with E-state index in [2.05, 4.69) is 6.58 Å². The topological polar surface area (TPSA) is 20.3 Å². The molecule has 0 unspecified atom stereocenters. The zero-order valence-corrected chi connectivity index (χ0v) is 7.46. The van der Waals surface area contributed by atoms with E-state index < -0.39 is 5.82 Å². The average molecular weight is 200 g/mol. The summed E-state index contributed by atoms with van der Waals surface area (Å²) in [4.78, 5) is 11.6. The molecular formula is C9H7ClFNO. The first-order valence-corrected chi connectivity index (χ1v) is 3.88. The minimum Gasteiger partial charge on any atom is -0.290 e. The lowest BCUT2D eigenvalue weighted by atomic mass is 10.3. The first kappa shape index (κ1) is 9.74. The maximum Gasteiger partial charge on any atom is 0.218 e. The fourth-order valence-electron chi connectivity index (χ4n) is 0.889. The van der Waals surface area contributed by atoms with Crippen LogP contribution in [0.4, 0.5) is 10.1 Å². The second-order valence-electron chi connectivity index (χ2n) is 2.29. The van der Waals surface area contributed by atoms with E-state index in [0.717, 1.165) is 6.07 Å². The lowest BCUT2D eigenvalue weighted by Gasteiger charge is -2.12. The molecule has 1 rings (SSSR count). The molecule has 0 heterocycles. The molecule has 0 bridgehead atoms. The van der Waals surface area contributed by atoms with Gasteiger partial charge in [-0.05, 0) is 18.2 Å². The number of anilines is 1. The van der Waals surface area contributed by atoms with Gasteiger partial charge in [-0.1, -0.05) is 18.2 Å². The first-order chi connectivity index (χ1) is 6.19. The summed E-state index contributed by atoms with van der Waals surface area (Å²) in [6.45, 7) is 3.41. The Hall–Kier alpha value is -1.35. The van der Waals surface area contributed by atoms with Crippen molar-refractivity contribution in [1.82, 2.24) is 0 Å². The summed E-state index contributed by atoms with van der Waals surface area (Å²) < 4.78 is 12.6.